The number of hydrogen-bond acceptors (Lipinski definition) is 1. The van der Waals surface area contributed by atoms with Crippen molar-refractivity contribution in [1.29, 1.82) is 0 Å². The van der Waals surface area contributed by atoms with Crippen molar-refractivity contribution < 1.29 is 0 Å². The molecule has 1 rings (SSSR count). The molecule has 0 bridgehead atoms. The van der Waals surface area contributed by atoms with Crippen molar-refractivity contribution in [3.05, 3.63) is 46.5 Å². The van der Waals surface area contributed by atoms with E-state index in [9.17, 15) is 0 Å². The van der Waals surface area contributed by atoms with Gasteiger partial charge in [0.15, 0.2) is 0 Å². The number of halogens is 3. The molecule has 0 saturated carbocycles. The Labute approximate surface area is 93.9 Å². The lowest BCUT2D eigenvalue weighted by molar-refractivity contribution is 0.915. The molecular formula is C9H10Cl3N. The fraction of sp³-hybridized carbons (Fsp3) is 0.111. The van der Waals surface area contributed by atoms with Crippen molar-refractivity contribution in [1.82, 2.24) is 0 Å². The first-order valence-electron chi connectivity index (χ1n) is 3.48. The number of rotatable bonds is 2. The van der Waals surface area contributed by atoms with Crippen LogP contribution in [0.25, 0.3) is 0 Å². The van der Waals surface area contributed by atoms with Crippen LogP contribution >= 0.6 is 35.6 Å². The molecule has 0 aliphatic heterocycles. The van der Waals surface area contributed by atoms with Crippen LogP contribution < -0.4 is 5.73 Å². The van der Waals surface area contributed by atoms with Gasteiger partial charge in [-0.05, 0) is 17.7 Å². The van der Waals surface area contributed by atoms with E-state index in [0.29, 0.717) is 10.0 Å². The van der Waals surface area contributed by atoms with Gasteiger partial charge in [-0.1, -0.05) is 35.3 Å². The van der Waals surface area contributed by atoms with Gasteiger partial charge in [-0.15, -0.1) is 19.0 Å². The largest absolute Gasteiger partial charge is 0.321 e. The third-order valence-electron chi connectivity index (χ3n) is 1.58. The highest BCUT2D eigenvalue weighted by molar-refractivity contribution is 6.35. The van der Waals surface area contributed by atoms with E-state index in [0.717, 1.165) is 5.56 Å². The first-order valence-corrected chi connectivity index (χ1v) is 4.24. The van der Waals surface area contributed by atoms with Crippen LogP contribution in [0, 0.1) is 0 Å². The van der Waals surface area contributed by atoms with Crippen molar-refractivity contribution in [2.24, 2.45) is 5.73 Å². The minimum Gasteiger partial charge on any atom is -0.321 e. The van der Waals surface area contributed by atoms with Gasteiger partial charge in [0.1, 0.15) is 0 Å². The molecule has 1 aromatic rings. The minimum absolute atomic E-state index is 0. The molecule has 1 nitrogen and oxygen atoms in total. The summed E-state index contributed by atoms with van der Waals surface area (Å²) < 4.78 is 0. The molecule has 0 unspecified atom stereocenters. The Kier molecular flexibility index (Phi) is 5.42. The zero-order valence-corrected chi connectivity index (χ0v) is 9.16. The van der Waals surface area contributed by atoms with Gasteiger partial charge in [0.25, 0.3) is 0 Å². The SMILES string of the molecule is C=C[C@@H](N)c1ccc(Cl)cc1Cl.Cl. The second-order valence-electron chi connectivity index (χ2n) is 2.43. The molecule has 1 aromatic carbocycles. The van der Waals surface area contributed by atoms with Crippen LogP contribution in [0.4, 0.5) is 0 Å². The van der Waals surface area contributed by atoms with Gasteiger partial charge in [0.2, 0.25) is 0 Å². The minimum atomic E-state index is -0.227. The van der Waals surface area contributed by atoms with E-state index in [1.807, 2.05) is 0 Å². The normalized spacial score (nSPS) is 11.6. The molecule has 0 aliphatic carbocycles. The fourth-order valence-corrected chi connectivity index (χ4v) is 1.43. The first kappa shape index (κ1) is 12.8. The number of benzene rings is 1. The molecule has 0 spiro atoms. The maximum atomic E-state index is 5.89. The molecule has 72 valence electrons. The topological polar surface area (TPSA) is 26.0 Å². The number of nitrogens with two attached hydrogens (primary N) is 1. The van der Waals surface area contributed by atoms with Crippen LogP contribution in [0.15, 0.2) is 30.9 Å². The molecule has 13 heavy (non-hydrogen) atoms. The summed E-state index contributed by atoms with van der Waals surface area (Å²) in [5.74, 6) is 0. The van der Waals surface area contributed by atoms with Gasteiger partial charge >= 0.3 is 0 Å². The summed E-state index contributed by atoms with van der Waals surface area (Å²) in [4.78, 5) is 0. The highest BCUT2D eigenvalue weighted by Crippen LogP contribution is 2.25. The summed E-state index contributed by atoms with van der Waals surface area (Å²) in [7, 11) is 0. The predicted octanol–water partition coefficient (Wildman–Crippen LogP) is 3.60. The van der Waals surface area contributed by atoms with Crippen molar-refractivity contribution in [3.8, 4) is 0 Å². The number of hydrogen-bond donors (Lipinski definition) is 1. The second-order valence-corrected chi connectivity index (χ2v) is 3.27. The van der Waals surface area contributed by atoms with Gasteiger partial charge in [-0.25, -0.2) is 0 Å². The average molecular weight is 239 g/mol. The molecular weight excluding hydrogens is 228 g/mol. The summed E-state index contributed by atoms with van der Waals surface area (Å²) in [5.41, 5.74) is 6.54. The third kappa shape index (κ3) is 3.20. The second kappa shape index (κ2) is 5.51. The Hall–Kier alpha value is -0.210. The first-order chi connectivity index (χ1) is 5.65. The molecule has 0 radical (unpaired) electrons. The van der Waals surface area contributed by atoms with E-state index >= 15 is 0 Å². The van der Waals surface area contributed by atoms with Crippen LogP contribution in [0.5, 0.6) is 0 Å². The molecule has 0 aliphatic rings. The van der Waals surface area contributed by atoms with Crippen LogP contribution in [0.2, 0.25) is 10.0 Å². The maximum absolute atomic E-state index is 5.89. The highest BCUT2D eigenvalue weighted by atomic mass is 35.5. The van der Waals surface area contributed by atoms with Crippen molar-refractivity contribution in [2.75, 3.05) is 0 Å². The summed E-state index contributed by atoms with van der Waals surface area (Å²) in [6.45, 7) is 3.58. The molecule has 4 heteroatoms. The van der Waals surface area contributed by atoms with E-state index < -0.39 is 0 Å². The zero-order chi connectivity index (χ0) is 9.14. The van der Waals surface area contributed by atoms with Crippen molar-refractivity contribution in [3.63, 3.8) is 0 Å². The van der Waals surface area contributed by atoms with E-state index in [2.05, 4.69) is 6.58 Å². The fourth-order valence-electron chi connectivity index (χ4n) is 0.899. The van der Waals surface area contributed by atoms with Crippen molar-refractivity contribution in [2.45, 2.75) is 6.04 Å². The summed E-state index contributed by atoms with van der Waals surface area (Å²) in [5, 5.41) is 1.19. The Morgan fingerprint density at radius 3 is 2.46 bits per heavy atom. The molecule has 1 atom stereocenters. The van der Waals surface area contributed by atoms with E-state index in [-0.39, 0.29) is 18.4 Å². The Balaban J connectivity index is 0.00000144. The molecule has 0 aromatic heterocycles. The highest BCUT2D eigenvalue weighted by Gasteiger charge is 2.05. The van der Waals surface area contributed by atoms with Crippen LogP contribution in [-0.4, -0.2) is 0 Å². The third-order valence-corrected chi connectivity index (χ3v) is 2.14. The lowest BCUT2D eigenvalue weighted by Crippen LogP contribution is -2.06. The predicted molar refractivity (Wildman–Crippen MR) is 60.8 cm³/mol. The maximum Gasteiger partial charge on any atom is 0.0493 e. The Morgan fingerprint density at radius 1 is 1.38 bits per heavy atom. The summed E-state index contributed by atoms with van der Waals surface area (Å²) in [6, 6.07) is 5.00. The Morgan fingerprint density at radius 2 is 2.00 bits per heavy atom. The van der Waals surface area contributed by atoms with Gasteiger partial charge in [-0.3, -0.25) is 0 Å². The lowest BCUT2D eigenvalue weighted by Gasteiger charge is -2.08. The quantitative estimate of drug-likeness (QED) is 0.783. The smallest absolute Gasteiger partial charge is 0.0493 e. The van der Waals surface area contributed by atoms with Gasteiger partial charge < -0.3 is 5.73 Å². The molecule has 0 fully saturated rings. The monoisotopic (exact) mass is 237 g/mol. The van der Waals surface area contributed by atoms with Gasteiger partial charge in [-0.2, -0.15) is 0 Å². The van der Waals surface area contributed by atoms with E-state index in [1.54, 1.807) is 24.3 Å². The molecule has 0 amide bonds. The summed E-state index contributed by atoms with van der Waals surface area (Å²) in [6.07, 6.45) is 1.63. The standard InChI is InChI=1S/C9H9Cl2N.ClH/c1-2-9(12)7-4-3-6(10)5-8(7)11;/h2-5,9H,1,12H2;1H/t9-;/m1./s1. The van der Waals surface area contributed by atoms with Crippen molar-refractivity contribution >= 4 is 35.6 Å². The molecule has 2 N–H and O–H groups in total. The molecule has 0 heterocycles. The zero-order valence-electron chi connectivity index (χ0n) is 6.84. The van der Waals surface area contributed by atoms with E-state index in [4.69, 9.17) is 28.9 Å². The van der Waals surface area contributed by atoms with E-state index in [1.165, 1.54) is 0 Å². The van der Waals surface area contributed by atoms with Gasteiger partial charge in [0.05, 0.1) is 0 Å². The Bertz CT molecular complexity index is 299. The lowest BCUT2D eigenvalue weighted by atomic mass is 10.1. The summed E-state index contributed by atoms with van der Waals surface area (Å²) >= 11 is 11.6. The van der Waals surface area contributed by atoms with Crippen LogP contribution in [-0.2, 0) is 0 Å². The van der Waals surface area contributed by atoms with Crippen LogP contribution in [0.3, 0.4) is 0 Å². The van der Waals surface area contributed by atoms with Gasteiger partial charge in [0, 0.05) is 16.1 Å². The molecule has 0 saturated heterocycles. The average Bonchev–Trinajstić information content (AvgIpc) is 2.03. The van der Waals surface area contributed by atoms with Crippen LogP contribution in [0.1, 0.15) is 11.6 Å².